The molecule has 1 amide bonds. The molecule has 0 aromatic heterocycles. The maximum absolute atomic E-state index is 12.0. The normalized spacial score (nSPS) is 21.8. The van der Waals surface area contributed by atoms with Gasteiger partial charge in [0.1, 0.15) is 5.41 Å². The van der Waals surface area contributed by atoms with Crippen molar-refractivity contribution < 1.29 is 4.79 Å². The zero-order valence-electron chi connectivity index (χ0n) is 10.7. The molecule has 1 unspecified atom stereocenters. The van der Waals surface area contributed by atoms with Crippen molar-refractivity contribution in [3.63, 3.8) is 0 Å². The summed E-state index contributed by atoms with van der Waals surface area (Å²) in [6.07, 6.45) is 2.34. The van der Waals surface area contributed by atoms with Crippen molar-refractivity contribution in [3.05, 3.63) is 0 Å². The summed E-state index contributed by atoms with van der Waals surface area (Å²) >= 11 is 0. The summed E-state index contributed by atoms with van der Waals surface area (Å²) in [5.41, 5.74) is -0.911. The van der Waals surface area contributed by atoms with E-state index in [-0.39, 0.29) is 5.91 Å². The SMILES string of the molecule is CN(CC1CCCN1C)C(=O)C(C)(C)C#N. The second-order valence-electron chi connectivity index (χ2n) is 5.20. The minimum Gasteiger partial charge on any atom is -0.343 e. The molecule has 1 saturated heterocycles. The highest BCUT2D eigenvalue weighted by atomic mass is 16.2. The Hall–Kier alpha value is -1.08. The summed E-state index contributed by atoms with van der Waals surface area (Å²) in [7, 11) is 3.87. The molecule has 0 bridgehead atoms. The van der Waals surface area contributed by atoms with Crippen LogP contribution in [-0.2, 0) is 4.79 Å². The Bertz CT molecular complexity index is 306. The zero-order chi connectivity index (χ0) is 12.3. The second-order valence-corrected chi connectivity index (χ2v) is 5.20. The van der Waals surface area contributed by atoms with Gasteiger partial charge in [0.2, 0.25) is 5.91 Å². The lowest BCUT2D eigenvalue weighted by Crippen LogP contribution is -2.44. The number of likely N-dealkylation sites (N-methyl/N-ethyl adjacent to an activating group) is 2. The summed E-state index contributed by atoms with van der Waals surface area (Å²) in [4.78, 5) is 15.9. The van der Waals surface area contributed by atoms with Crippen molar-refractivity contribution in [1.29, 1.82) is 5.26 Å². The van der Waals surface area contributed by atoms with Gasteiger partial charge in [-0.15, -0.1) is 0 Å². The highest BCUT2D eigenvalue weighted by Gasteiger charge is 2.32. The monoisotopic (exact) mass is 223 g/mol. The molecule has 1 aliphatic rings. The van der Waals surface area contributed by atoms with E-state index in [1.165, 1.54) is 6.42 Å². The fraction of sp³-hybridized carbons (Fsp3) is 0.833. The molecule has 1 fully saturated rings. The van der Waals surface area contributed by atoms with E-state index in [2.05, 4.69) is 18.0 Å². The van der Waals surface area contributed by atoms with Gasteiger partial charge in [0.25, 0.3) is 0 Å². The molecule has 0 aromatic rings. The van der Waals surface area contributed by atoms with Crippen LogP contribution in [0.4, 0.5) is 0 Å². The highest BCUT2D eigenvalue weighted by molar-refractivity contribution is 5.84. The van der Waals surface area contributed by atoms with Crippen molar-refractivity contribution >= 4 is 5.91 Å². The van der Waals surface area contributed by atoms with Gasteiger partial charge in [-0.05, 0) is 40.3 Å². The van der Waals surface area contributed by atoms with E-state index in [1.54, 1.807) is 25.8 Å². The van der Waals surface area contributed by atoms with Gasteiger partial charge < -0.3 is 9.80 Å². The van der Waals surface area contributed by atoms with Crippen LogP contribution in [0, 0.1) is 16.7 Å². The molecule has 0 radical (unpaired) electrons. The average molecular weight is 223 g/mol. The van der Waals surface area contributed by atoms with E-state index in [4.69, 9.17) is 5.26 Å². The van der Waals surface area contributed by atoms with E-state index in [9.17, 15) is 4.79 Å². The zero-order valence-corrected chi connectivity index (χ0v) is 10.7. The van der Waals surface area contributed by atoms with Crippen molar-refractivity contribution in [3.8, 4) is 6.07 Å². The largest absolute Gasteiger partial charge is 0.343 e. The Morgan fingerprint density at radius 3 is 2.69 bits per heavy atom. The quantitative estimate of drug-likeness (QED) is 0.719. The Morgan fingerprint density at radius 1 is 1.62 bits per heavy atom. The summed E-state index contributed by atoms with van der Waals surface area (Å²) < 4.78 is 0. The van der Waals surface area contributed by atoms with Gasteiger partial charge >= 0.3 is 0 Å². The molecule has 0 saturated carbocycles. The molecule has 1 aliphatic heterocycles. The van der Waals surface area contributed by atoms with Crippen molar-refractivity contribution in [2.75, 3.05) is 27.2 Å². The lowest BCUT2D eigenvalue weighted by Gasteiger charge is -2.29. The minimum atomic E-state index is -0.911. The number of nitriles is 1. The molecule has 0 spiro atoms. The third-order valence-electron chi connectivity index (χ3n) is 3.32. The maximum atomic E-state index is 12.0. The van der Waals surface area contributed by atoms with Gasteiger partial charge in [-0.3, -0.25) is 4.79 Å². The van der Waals surface area contributed by atoms with Crippen molar-refractivity contribution in [2.45, 2.75) is 32.7 Å². The number of nitrogens with zero attached hydrogens (tertiary/aromatic N) is 3. The predicted octanol–water partition coefficient (Wildman–Crippen LogP) is 1.09. The summed E-state index contributed by atoms with van der Waals surface area (Å²) in [5, 5.41) is 8.92. The number of rotatable bonds is 3. The van der Waals surface area contributed by atoms with Crippen LogP contribution in [0.25, 0.3) is 0 Å². The first-order valence-corrected chi connectivity index (χ1v) is 5.75. The van der Waals surface area contributed by atoms with Gasteiger partial charge in [-0.25, -0.2) is 0 Å². The van der Waals surface area contributed by atoms with Gasteiger partial charge in [0, 0.05) is 19.6 Å². The van der Waals surface area contributed by atoms with Crippen LogP contribution in [0.2, 0.25) is 0 Å². The second kappa shape index (κ2) is 4.84. The number of carbonyl (C=O) groups excluding carboxylic acids is 1. The number of likely N-dealkylation sites (tertiary alicyclic amines) is 1. The fourth-order valence-corrected chi connectivity index (χ4v) is 2.13. The van der Waals surface area contributed by atoms with Gasteiger partial charge in [-0.2, -0.15) is 5.26 Å². The molecule has 1 atom stereocenters. The molecule has 90 valence electrons. The van der Waals surface area contributed by atoms with E-state index in [0.717, 1.165) is 19.5 Å². The van der Waals surface area contributed by atoms with Crippen LogP contribution < -0.4 is 0 Å². The van der Waals surface area contributed by atoms with Crippen LogP contribution in [-0.4, -0.2) is 48.9 Å². The lowest BCUT2D eigenvalue weighted by molar-refractivity contribution is -0.136. The Labute approximate surface area is 97.8 Å². The maximum Gasteiger partial charge on any atom is 0.242 e. The topological polar surface area (TPSA) is 47.3 Å². The van der Waals surface area contributed by atoms with Gasteiger partial charge in [-0.1, -0.05) is 0 Å². The Morgan fingerprint density at radius 2 is 2.25 bits per heavy atom. The molecular weight excluding hydrogens is 202 g/mol. The first-order valence-electron chi connectivity index (χ1n) is 5.75. The minimum absolute atomic E-state index is 0.0877. The van der Waals surface area contributed by atoms with E-state index < -0.39 is 5.41 Å². The smallest absolute Gasteiger partial charge is 0.242 e. The van der Waals surface area contributed by atoms with E-state index >= 15 is 0 Å². The average Bonchev–Trinajstić information content (AvgIpc) is 2.63. The predicted molar refractivity (Wildman–Crippen MR) is 62.7 cm³/mol. The van der Waals surface area contributed by atoms with Crippen LogP contribution >= 0.6 is 0 Å². The first kappa shape index (κ1) is 13.0. The molecule has 0 aliphatic carbocycles. The van der Waals surface area contributed by atoms with Crippen molar-refractivity contribution in [1.82, 2.24) is 9.80 Å². The molecule has 4 heteroatoms. The number of amides is 1. The van der Waals surface area contributed by atoms with Crippen LogP contribution in [0.15, 0.2) is 0 Å². The summed E-state index contributed by atoms with van der Waals surface area (Å²) in [6, 6.07) is 2.50. The summed E-state index contributed by atoms with van der Waals surface area (Å²) in [6.45, 7) is 5.17. The molecular formula is C12H21N3O. The molecule has 16 heavy (non-hydrogen) atoms. The molecule has 1 heterocycles. The van der Waals surface area contributed by atoms with Crippen LogP contribution in [0.1, 0.15) is 26.7 Å². The van der Waals surface area contributed by atoms with Gasteiger partial charge in [0.05, 0.1) is 6.07 Å². The highest BCUT2D eigenvalue weighted by Crippen LogP contribution is 2.20. The third kappa shape index (κ3) is 2.73. The van der Waals surface area contributed by atoms with Crippen LogP contribution in [0.5, 0.6) is 0 Å². The molecule has 0 aromatic carbocycles. The number of carbonyl (C=O) groups is 1. The first-order chi connectivity index (χ1) is 7.38. The molecule has 0 N–H and O–H groups in total. The molecule has 4 nitrogen and oxygen atoms in total. The van der Waals surface area contributed by atoms with Crippen molar-refractivity contribution in [2.24, 2.45) is 5.41 Å². The Kier molecular flexibility index (Phi) is 3.93. The lowest BCUT2D eigenvalue weighted by atomic mass is 9.94. The summed E-state index contributed by atoms with van der Waals surface area (Å²) in [5.74, 6) is -0.0877. The van der Waals surface area contributed by atoms with E-state index in [1.807, 2.05) is 0 Å². The van der Waals surface area contributed by atoms with Crippen LogP contribution in [0.3, 0.4) is 0 Å². The number of hydrogen-bond acceptors (Lipinski definition) is 3. The van der Waals surface area contributed by atoms with Gasteiger partial charge in [0.15, 0.2) is 0 Å². The molecule has 1 rings (SSSR count). The standard InChI is InChI=1S/C12H21N3O/c1-12(2,9-13)11(16)15(4)8-10-6-5-7-14(10)3/h10H,5-8H2,1-4H3. The Balaban J connectivity index is 2.56. The fourth-order valence-electron chi connectivity index (χ4n) is 2.13. The number of hydrogen-bond donors (Lipinski definition) is 0. The third-order valence-corrected chi connectivity index (χ3v) is 3.32. The van der Waals surface area contributed by atoms with E-state index in [0.29, 0.717) is 6.04 Å².